The summed E-state index contributed by atoms with van der Waals surface area (Å²) in [6, 6.07) is 7.84. The number of tetrazole rings is 1. The fraction of sp³-hybridized carbons (Fsp3) is 0.417. The van der Waals surface area contributed by atoms with E-state index in [2.05, 4.69) is 27.2 Å². The average Bonchev–Trinajstić information content (AvgIpc) is 2.75. The molecule has 2 N–H and O–H groups in total. The van der Waals surface area contributed by atoms with Crippen molar-refractivity contribution in [3.8, 4) is 0 Å². The van der Waals surface area contributed by atoms with E-state index in [4.69, 9.17) is 5.73 Å². The van der Waals surface area contributed by atoms with Crippen LogP contribution in [0.4, 0.5) is 11.4 Å². The molecule has 0 aliphatic heterocycles. The van der Waals surface area contributed by atoms with E-state index in [1.54, 1.807) is 7.05 Å². The van der Waals surface area contributed by atoms with Crippen LogP contribution in [0.3, 0.4) is 0 Å². The smallest absolute Gasteiger partial charge is 0.193 e. The highest BCUT2D eigenvalue weighted by Gasteiger charge is 2.12. The van der Waals surface area contributed by atoms with Crippen LogP contribution in [-0.2, 0) is 13.6 Å². The third-order valence-electron chi connectivity index (χ3n) is 2.65. The van der Waals surface area contributed by atoms with Gasteiger partial charge < -0.3 is 10.6 Å². The van der Waals surface area contributed by atoms with Gasteiger partial charge in [0.05, 0.1) is 25.0 Å². The molecule has 18 heavy (non-hydrogen) atoms. The zero-order valence-corrected chi connectivity index (χ0v) is 10.7. The molecule has 0 aliphatic carbocycles. The topological polar surface area (TPSA) is 72.9 Å². The number of nitrogens with zero attached hydrogens (tertiary/aromatic N) is 5. The fourth-order valence-corrected chi connectivity index (χ4v) is 1.89. The van der Waals surface area contributed by atoms with Crippen molar-refractivity contribution in [2.45, 2.75) is 19.9 Å². The summed E-state index contributed by atoms with van der Waals surface area (Å²) >= 11 is 0. The molecule has 1 aromatic heterocycles. The molecule has 0 saturated carbocycles. The number of aryl methyl sites for hydroxylation is 1. The Hall–Kier alpha value is -2.11. The van der Waals surface area contributed by atoms with Crippen LogP contribution in [0, 0.1) is 0 Å². The van der Waals surface area contributed by atoms with Gasteiger partial charge in [-0.3, -0.25) is 0 Å². The molecular weight excluding hydrogens is 228 g/mol. The summed E-state index contributed by atoms with van der Waals surface area (Å²) in [5.74, 6) is 0.703. The molecule has 6 heteroatoms. The first-order valence-electron chi connectivity index (χ1n) is 6.03. The van der Waals surface area contributed by atoms with Crippen molar-refractivity contribution >= 4 is 11.4 Å². The molecule has 0 saturated heterocycles. The lowest BCUT2D eigenvalue weighted by molar-refractivity contribution is 0.626. The van der Waals surface area contributed by atoms with Crippen molar-refractivity contribution in [3.05, 3.63) is 30.1 Å². The van der Waals surface area contributed by atoms with Crippen molar-refractivity contribution in [1.82, 2.24) is 20.2 Å². The van der Waals surface area contributed by atoms with E-state index in [0.717, 1.165) is 24.3 Å². The molecule has 0 spiro atoms. The number of aromatic nitrogens is 4. The second-order valence-electron chi connectivity index (χ2n) is 4.18. The highest BCUT2D eigenvalue weighted by molar-refractivity contribution is 5.67. The van der Waals surface area contributed by atoms with Crippen LogP contribution in [0.1, 0.15) is 19.2 Å². The van der Waals surface area contributed by atoms with E-state index >= 15 is 0 Å². The van der Waals surface area contributed by atoms with Gasteiger partial charge in [0, 0.05) is 6.54 Å². The summed E-state index contributed by atoms with van der Waals surface area (Å²) in [6.07, 6.45) is 1.04. The second-order valence-corrected chi connectivity index (χ2v) is 4.18. The first-order valence-corrected chi connectivity index (χ1v) is 6.03. The predicted octanol–water partition coefficient (Wildman–Crippen LogP) is 1.21. The van der Waals surface area contributed by atoms with Gasteiger partial charge in [-0.1, -0.05) is 19.1 Å². The Balaban J connectivity index is 2.20. The largest absolute Gasteiger partial charge is 0.397 e. The van der Waals surface area contributed by atoms with Crippen LogP contribution in [0.5, 0.6) is 0 Å². The quantitative estimate of drug-likeness (QED) is 0.803. The number of para-hydroxylation sites is 2. The van der Waals surface area contributed by atoms with E-state index in [1.165, 1.54) is 4.80 Å². The van der Waals surface area contributed by atoms with E-state index in [1.807, 2.05) is 24.3 Å². The molecule has 6 nitrogen and oxygen atoms in total. The second kappa shape index (κ2) is 5.48. The Morgan fingerprint density at radius 2 is 2.11 bits per heavy atom. The van der Waals surface area contributed by atoms with E-state index in [9.17, 15) is 0 Å². The minimum Gasteiger partial charge on any atom is -0.397 e. The molecule has 0 amide bonds. The first kappa shape index (κ1) is 12.3. The van der Waals surface area contributed by atoms with Gasteiger partial charge in [0.15, 0.2) is 5.82 Å². The van der Waals surface area contributed by atoms with Gasteiger partial charge >= 0.3 is 0 Å². The number of rotatable bonds is 5. The van der Waals surface area contributed by atoms with Crippen LogP contribution < -0.4 is 10.6 Å². The molecular formula is C12H18N6. The van der Waals surface area contributed by atoms with E-state index < -0.39 is 0 Å². The van der Waals surface area contributed by atoms with Gasteiger partial charge in [-0.15, -0.1) is 10.2 Å². The van der Waals surface area contributed by atoms with Gasteiger partial charge in [0.1, 0.15) is 0 Å². The van der Waals surface area contributed by atoms with E-state index in [-0.39, 0.29) is 0 Å². The third-order valence-corrected chi connectivity index (χ3v) is 2.65. The van der Waals surface area contributed by atoms with Crippen LogP contribution in [-0.4, -0.2) is 26.8 Å². The summed E-state index contributed by atoms with van der Waals surface area (Å²) in [6.45, 7) is 3.67. The Kier molecular flexibility index (Phi) is 3.76. The van der Waals surface area contributed by atoms with Crippen LogP contribution in [0.2, 0.25) is 0 Å². The highest BCUT2D eigenvalue weighted by Crippen LogP contribution is 2.23. The first-order chi connectivity index (χ1) is 8.70. The summed E-state index contributed by atoms with van der Waals surface area (Å²) in [7, 11) is 1.76. The van der Waals surface area contributed by atoms with Gasteiger partial charge in [0.25, 0.3) is 0 Å². The molecule has 0 radical (unpaired) electrons. The lowest BCUT2D eigenvalue weighted by Crippen LogP contribution is -2.25. The molecule has 0 bridgehead atoms. The van der Waals surface area contributed by atoms with E-state index in [0.29, 0.717) is 12.4 Å². The van der Waals surface area contributed by atoms with Gasteiger partial charge in [-0.05, 0) is 23.8 Å². The molecule has 1 heterocycles. The third kappa shape index (κ3) is 2.77. The maximum absolute atomic E-state index is 6.01. The summed E-state index contributed by atoms with van der Waals surface area (Å²) in [5.41, 5.74) is 7.80. The van der Waals surface area contributed by atoms with Gasteiger partial charge in [0.2, 0.25) is 0 Å². The number of hydrogen-bond donors (Lipinski definition) is 1. The number of nitrogen functional groups attached to an aromatic ring is 1. The highest BCUT2D eigenvalue weighted by atomic mass is 15.6. The van der Waals surface area contributed by atoms with Crippen molar-refractivity contribution in [1.29, 1.82) is 0 Å². The molecule has 2 rings (SSSR count). The lowest BCUT2D eigenvalue weighted by Gasteiger charge is -2.24. The molecule has 96 valence electrons. The molecule has 0 atom stereocenters. The summed E-state index contributed by atoms with van der Waals surface area (Å²) in [5, 5.41) is 12.1. The number of benzene rings is 1. The molecule has 0 aliphatic rings. The Bertz CT molecular complexity index is 507. The fourth-order valence-electron chi connectivity index (χ4n) is 1.89. The Labute approximate surface area is 106 Å². The van der Waals surface area contributed by atoms with Crippen molar-refractivity contribution in [2.24, 2.45) is 7.05 Å². The number of hydrogen-bond acceptors (Lipinski definition) is 5. The number of anilines is 2. The zero-order valence-electron chi connectivity index (χ0n) is 10.7. The maximum atomic E-state index is 6.01. The lowest BCUT2D eigenvalue weighted by atomic mass is 10.2. The Morgan fingerprint density at radius 1 is 1.33 bits per heavy atom. The van der Waals surface area contributed by atoms with Crippen LogP contribution in [0.15, 0.2) is 24.3 Å². The maximum Gasteiger partial charge on any atom is 0.193 e. The van der Waals surface area contributed by atoms with Gasteiger partial charge in [-0.25, -0.2) is 0 Å². The monoisotopic (exact) mass is 246 g/mol. The van der Waals surface area contributed by atoms with Crippen molar-refractivity contribution in [2.75, 3.05) is 17.2 Å². The van der Waals surface area contributed by atoms with Crippen LogP contribution in [0.25, 0.3) is 0 Å². The normalized spacial score (nSPS) is 10.6. The zero-order chi connectivity index (χ0) is 13.0. The summed E-state index contributed by atoms with van der Waals surface area (Å²) < 4.78 is 0. The average molecular weight is 246 g/mol. The summed E-state index contributed by atoms with van der Waals surface area (Å²) in [4.78, 5) is 3.64. The molecule has 0 fully saturated rings. The minimum absolute atomic E-state index is 0.621. The number of nitrogens with two attached hydrogens (primary N) is 1. The predicted molar refractivity (Wildman–Crippen MR) is 71.0 cm³/mol. The van der Waals surface area contributed by atoms with Crippen LogP contribution >= 0.6 is 0 Å². The molecule has 2 aromatic rings. The van der Waals surface area contributed by atoms with Crippen molar-refractivity contribution in [3.63, 3.8) is 0 Å². The molecule has 0 unspecified atom stereocenters. The Morgan fingerprint density at radius 3 is 2.72 bits per heavy atom. The minimum atomic E-state index is 0.621. The van der Waals surface area contributed by atoms with Crippen molar-refractivity contribution < 1.29 is 0 Å². The SMILES string of the molecule is CCCN(Cc1nnn(C)n1)c1ccccc1N. The van der Waals surface area contributed by atoms with Gasteiger partial charge in [-0.2, -0.15) is 4.80 Å². The standard InChI is InChI=1S/C12H18N6/c1-3-8-18(9-12-14-16-17(2)15-12)11-7-5-4-6-10(11)13/h4-7H,3,8-9,13H2,1-2H3. The molecule has 1 aromatic carbocycles.